The highest BCUT2D eigenvalue weighted by atomic mass is 16.4. The van der Waals surface area contributed by atoms with Crippen LogP contribution in [0.15, 0.2) is 0 Å². The quantitative estimate of drug-likeness (QED) is 0.497. The highest BCUT2D eigenvalue weighted by molar-refractivity contribution is 5.65. The first-order valence-electron chi connectivity index (χ1n) is 3.91. The summed E-state index contributed by atoms with van der Waals surface area (Å²) in [7, 11) is 0. The van der Waals surface area contributed by atoms with Gasteiger partial charge < -0.3 is 20.8 Å². The summed E-state index contributed by atoms with van der Waals surface area (Å²) in [5, 5.41) is 18.4. The molecule has 1 heterocycles. The first-order chi connectivity index (χ1) is 5.46. The van der Waals surface area contributed by atoms with Crippen LogP contribution < -0.4 is 5.73 Å². The van der Waals surface area contributed by atoms with Crippen LogP contribution in [0.4, 0.5) is 4.79 Å². The minimum absolute atomic E-state index is 0.125. The van der Waals surface area contributed by atoms with Crippen LogP contribution in [0.25, 0.3) is 0 Å². The fourth-order valence-electron chi connectivity index (χ4n) is 1.35. The van der Waals surface area contributed by atoms with Gasteiger partial charge in [0.15, 0.2) is 0 Å². The van der Waals surface area contributed by atoms with E-state index in [1.165, 1.54) is 4.90 Å². The number of β-amino-alcohol motifs (C(OH)–C–C–N with tert-alkyl or cyclic N) is 1. The molecule has 12 heavy (non-hydrogen) atoms. The Morgan fingerprint density at radius 1 is 1.75 bits per heavy atom. The Morgan fingerprint density at radius 3 is 2.58 bits per heavy atom. The van der Waals surface area contributed by atoms with E-state index in [1.54, 1.807) is 6.92 Å². The fraction of sp³-hybridized carbons (Fsp3) is 0.857. The average Bonchev–Trinajstić information content (AvgIpc) is 2.33. The van der Waals surface area contributed by atoms with Crippen molar-refractivity contribution < 1.29 is 15.0 Å². The highest BCUT2D eigenvalue weighted by Gasteiger charge is 2.40. The van der Waals surface area contributed by atoms with Crippen LogP contribution in [-0.2, 0) is 0 Å². The molecule has 0 aromatic carbocycles. The number of carboxylic acid groups (broad SMARTS) is 1. The van der Waals surface area contributed by atoms with E-state index >= 15 is 0 Å². The van der Waals surface area contributed by atoms with E-state index in [0.29, 0.717) is 13.0 Å². The van der Waals surface area contributed by atoms with Gasteiger partial charge in [0, 0.05) is 12.6 Å². The lowest BCUT2D eigenvalue weighted by Gasteiger charge is -2.26. The van der Waals surface area contributed by atoms with Crippen molar-refractivity contribution in [1.29, 1.82) is 0 Å². The lowest BCUT2D eigenvalue weighted by atomic mass is 9.96. The average molecular weight is 174 g/mol. The molecule has 70 valence electrons. The molecule has 2 atom stereocenters. The lowest BCUT2D eigenvalue weighted by Crippen LogP contribution is -2.48. The number of rotatable bonds is 1. The summed E-state index contributed by atoms with van der Waals surface area (Å²) in [5.41, 5.74) is 4.50. The summed E-state index contributed by atoms with van der Waals surface area (Å²) in [5.74, 6) is 0. The van der Waals surface area contributed by atoms with E-state index in [2.05, 4.69) is 0 Å². The van der Waals surface area contributed by atoms with E-state index in [-0.39, 0.29) is 12.6 Å². The fourth-order valence-corrected chi connectivity index (χ4v) is 1.35. The maximum Gasteiger partial charge on any atom is 0.407 e. The first kappa shape index (κ1) is 9.28. The van der Waals surface area contributed by atoms with Crippen LogP contribution in [0, 0.1) is 0 Å². The maximum atomic E-state index is 10.5. The predicted molar refractivity (Wildman–Crippen MR) is 42.8 cm³/mol. The van der Waals surface area contributed by atoms with Crippen molar-refractivity contribution in [2.45, 2.75) is 25.0 Å². The van der Waals surface area contributed by atoms with Gasteiger partial charge in [0.05, 0.1) is 12.1 Å². The van der Waals surface area contributed by atoms with Gasteiger partial charge in [-0.3, -0.25) is 0 Å². The number of nitrogens with two attached hydrogens (primary N) is 1. The largest absolute Gasteiger partial charge is 0.465 e. The van der Waals surface area contributed by atoms with Crippen molar-refractivity contribution in [1.82, 2.24) is 4.90 Å². The van der Waals surface area contributed by atoms with Crippen LogP contribution in [0.1, 0.15) is 13.3 Å². The van der Waals surface area contributed by atoms with Crippen molar-refractivity contribution in [3.05, 3.63) is 0 Å². The molecule has 1 rings (SSSR count). The summed E-state index contributed by atoms with van der Waals surface area (Å²) in [6.45, 7) is 2.18. The zero-order chi connectivity index (χ0) is 9.35. The second-order valence-electron chi connectivity index (χ2n) is 3.35. The van der Waals surface area contributed by atoms with Gasteiger partial charge in [0.2, 0.25) is 0 Å². The van der Waals surface area contributed by atoms with E-state index in [0.717, 1.165) is 0 Å². The Balaban J connectivity index is 2.60. The number of nitrogens with zero attached hydrogens (tertiary/aromatic N) is 1. The molecule has 5 nitrogen and oxygen atoms in total. The Bertz CT molecular complexity index is 195. The molecule has 0 bridgehead atoms. The molecule has 0 spiro atoms. The van der Waals surface area contributed by atoms with Crippen LogP contribution in [-0.4, -0.2) is 45.9 Å². The van der Waals surface area contributed by atoms with Crippen molar-refractivity contribution in [2.24, 2.45) is 5.73 Å². The zero-order valence-electron chi connectivity index (χ0n) is 7.03. The Kier molecular flexibility index (Phi) is 2.25. The third kappa shape index (κ3) is 1.51. The molecule has 1 amide bonds. The Labute approximate surface area is 70.8 Å². The van der Waals surface area contributed by atoms with Crippen molar-refractivity contribution >= 4 is 6.09 Å². The highest BCUT2D eigenvalue weighted by Crippen LogP contribution is 2.23. The van der Waals surface area contributed by atoms with Gasteiger partial charge >= 0.3 is 6.09 Å². The normalized spacial score (nSPS) is 32.1. The Morgan fingerprint density at radius 2 is 2.33 bits per heavy atom. The van der Waals surface area contributed by atoms with Crippen molar-refractivity contribution in [3.63, 3.8) is 0 Å². The van der Waals surface area contributed by atoms with Gasteiger partial charge in [-0.1, -0.05) is 0 Å². The number of likely N-dealkylation sites (tertiary alicyclic amines) is 1. The van der Waals surface area contributed by atoms with Crippen molar-refractivity contribution in [2.75, 3.05) is 13.1 Å². The molecular formula is C7H14N2O3. The summed E-state index contributed by atoms with van der Waals surface area (Å²) >= 11 is 0. The maximum absolute atomic E-state index is 10.5. The first-order valence-corrected chi connectivity index (χ1v) is 3.91. The molecule has 0 saturated carbocycles. The van der Waals surface area contributed by atoms with Crippen LogP contribution in [0.3, 0.4) is 0 Å². The van der Waals surface area contributed by atoms with Crippen molar-refractivity contribution in [3.8, 4) is 0 Å². The van der Waals surface area contributed by atoms with Gasteiger partial charge in [0.25, 0.3) is 0 Å². The van der Waals surface area contributed by atoms with E-state index in [1.807, 2.05) is 0 Å². The molecule has 0 aliphatic carbocycles. The zero-order valence-corrected chi connectivity index (χ0v) is 7.03. The van der Waals surface area contributed by atoms with Gasteiger partial charge in [-0.2, -0.15) is 0 Å². The SMILES string of the molecule is CC(N)C1(O)CCN(C(=O)O)C1. The van der Waals surface area contributed by atoms with Gasteiger partial charge in [-0.15, -0.1) is 0 Å². The number of aliphatic hydroxyl groups is 1. The molecule has 1 aliphatic rings. The van der Waals surface area contributed by atoms with E-state index < -0.39 is 11.7 Å². The molecule has 1 aliphatic heterocycles. The second-order valence-corrected chi connectivity index (χ2v) is 3.35. The minimum Gasteiger partial charge on any atom is -0.465 e. The second kappa shape index (κ2) is 2.91. The lowest BCUT2D eigenvalue weighted by molar-refractivity contribution is 0.0292. The smallest absolute Gasteiger partial charge is 0.407 e. The van der Waals surface area contributed by atoms with Crippen LogP contribution in [0.5, 0.6) is 0 Å². The molecule has 1 saturated heterocycles. The minimum atomic E-state index is -1.03. The summed E-state index contributed by atoms with van der Waals surface area (Å²) in [6, 6.07) is -0.387. The number of hydrogen-bond acceptors (Lipinski definition) is 3. The molecule has 2 unspecified atom stereocenters. The number of carbonyl (C=O) groups is 1. The molecule has 0 aromatic rings. The third-order valence-corrected chi connectivity index (χ3v) is 2.40. The number of amides is 1. The molecule has 5 heteroatoms. The number of hydrogen-bond donors (Lipinski definition) is 3. The monoisotopic (exact) mass is 174 g/mol. The predicted octanol–water partition coefficient (Wildman–Crippen LogP) is -0.552. The van der Waals surface area contributed by atoms with Crippen LogP contribution >= 0.6 is 0 Å². The molecule has 1 fully saturated rings. The van der Waals surface area contributed by atoms with Gasteiger partial charge in [-0.25, -0.2) is 4.79 Å². The molecule has 4 N–H and O–H groups in total. The molecular weight excluding hydrogens is 160 g/mol. The molecule has 0 radical (unpaired) electrons. The summed E-state index contributed by atoms with van der Waals surface area (Å²) < 4.78 is 0. The summed E-state index contributed by atoms with van der Waals surface area (Å²) in [4.78, 5) is 11.7. The van der Waals surface area contributed by atoms with Crippen LogP contribution in [0.2, 0.25) is 0 Å². The van der Waals surface area contributed by atoms with Gasteiger partial charge in [-0.05, 0) is 13.3 Å². The van der Waals surface area contributed by atoms with E-state index in [4.69, 9.17) is 10.8 Å². The van der Waals surface area contributed by atoms with E-state index in [9.17, 15) is 9.90 Å². The summed E-state index contributed by atoms with van der Waals surface area (Å²) in [6.07, 6.45) is -0.566. The third-order valence-electron chi connectivity index (χ3n) is 2.40. The van der Waals surface area contributed by atoms with Gasteiger partial charge in [0.1, 0.15) is 0 Å². The molecule has 0 aromatic heterocycles. The topological polar surface area (TPSA) is 86.8 Å². The standard InChI is InChI=1S/C7H14N2O3/c1-5(8)7(12)2-3-9(4-7)6(10)11/h5,12H,2-4,8H2,1H3,(H,10,11). The Hall–Kier alpha value is -0.810.